The van der Waals surface area contributed by atoms with E-state index in [2.05, 4.69) is 54.9 Å². The Kier molecular flexibility index (Phi) is 3.93. The minimum absolute atomic E-state index is 0.149. The van der Waals surface area contributed by atoms with Crippen LogP contribution in [-0.4, -0.2) is 15.0 Å². The fourth-order valence-electron chi connectivity index (χ4n) is 1.87. The summed E-state index contributed by atoms with van der Waals surface area (Å²) in [7, 11) is 0. The quantitative estimate of drug-likeness (QED) is 0.908. The second-order valence-electron chi connectivity index (χ2n) is 6.74. The van der Waals surface area contributed by atoms with E-state index in [4.69, 9.17) is 5.73 Å². The number of nitrogens with two attached hydrogens (primary N) is 1. The lowest BCUT2D eigenvalue weighted by Gasteiger charge is -2.27. The predicted octanol–water partition coefficient (Wildman–Crippen LogP) is 3.47. The molecule has 2 aromatic rings. The third-order valence-corrected chi connectivity index (χ3v) is 4.35. The molecule has 114 valence electrons. The van der Waals surface area contributed by atoms with Gasteiger partial charge in [-0.05, 0) is 20.8 Å². The Hall–Kier alpha value is -1.69. The van der Waals surface area contributed by atoms with E-state index in [1.165, 1.54) is 0 Å². The van der Waals surface area contributed by atoms with Crippen LogP contribution in [0.15, 0.2) is 11.6 Å². The molecule has 2 rings (SSSR count). The summed E-state index contributed by atoms with van der Waals surface area (Å²) in [6, 6.07) is 0. The molecule has 0 radical (unpaired) electrons. The van der Waals surface area contributed by atoms with Gasteiger partial charge in [-0.2, -0.15) is 0 Å². The Labute approximate surface area is 130 Å². The van der Waals surface area contributed by atoms with Gasteiger partial charge in [0.05, 0.1) is 5.54 Å². The smallest absolute Gasteiger partial charge is 0.138 e. The monoisotopic (exact) mass is 305 g/mol. The van der Waals surface area contributed by atoms with Gasteiger partial charge in [-0.1, -0.05) is 20.8 Å². The highest BCUT2D eigenvalue weighted by Crippen LogP contribution is 2.30. The number of hydrogen-bond acceptors (Lipinski definition) is 6. The molecule has 0 saturated carbocycles. The zero-order valence-electron chi connectivity index (χ0n) is 13.5. The minimum Gasteiger partial charge on any atom is -0.383 e. The molecule has 6 heteroatoms. The van der Waals surface area contributed by atoms with E-state index in [-0.39, 0.29) is 11.0 Å². The van der Waals surface area contributed by atoms with Gasteiger partial charge in [0.1, 0.15) is 22.5 Å². The van der Waals surface area contributed by atoms with Gasteiger partial charge in [0.25, 0.3) is 0 Å². The van der Waals surface area contributed by atoms with Gasteiger partial charge in [0, 0.05) is 22.6 Å². The first kappa shape index (κ1) is 15.7. The van der Waals surface area contributed by atoms with E-state index in [0.717, 1.165) is 22.2 Å². The fourth-order valence-corrected chi connectivity index (χ4v) is 2.59. The number of nitrogen functional groups attached to an aromatic ring is 1. The van der Waals surface area contributed by atoms with Crippen LogP contribution in [-0.2, 0) is 11.0 Å². The molecule has 0 saturated heterocycles. The SMILES string of the molecule is Cc1c(N)nc(C(C)(C)C)nc1NC(C)(C)c1nccs1. The Morgan fingerprint density at radius 3 is 2.33 bits per heavy atom. The molecule has 0 aliphatic rings. The summed E-state index contributed by atoms with van der Waals surface area (Å²) in [5, 5.41) is 6.44. The summed E-state index contributed by atoms with van der Waals surface area (Å²) < 4.78 is 0. The molecule has 3 N–H and O–H groups in total. The minimum atomic E-state index is -0.311. The van der Waals surface area contributed by atoms with Crippen molar-refractivity contribution in [3.05, 3.63) is 28.0 Å². The van der Waals surface area contributed by atoms with Crippen molar-refractivity contribution in [1.82, 2.24) is 15.0 Å². The summed E-state index contributed by atoms with van der Waals surface area (Å²) in [6.07, 6.45) is 1.81. The number of rotatable bonds is 3. The Bertz CT molecular complexity index is 626. The van der Waals surface area contributed by atoms with Crippen LogP contribution in [0.3, 0.4) is 0 Å². The van der Waals surface area contributed by atoms with Crippen molar-refractivity contribution in [3.63, 3.8) is 0 Å². The summed E-state index contributed by atoms with van der Waals surface area (Å²) in [4.78, 5) is 13.5. The van der Waals surface area contributed by atoms with Crippen molar-refractivity contribution in [2.24, 2.45) is 0 Å². The summed E-state index contributed by atoms with van der Waals surface area (Å²) >= 11 is 1.62. The number of aromatic nitrogens is 3. The molecule has 0 amide bonds. The first-order chi connectivity index (χ1) is 9.61. The lowest BCUT2D eigenvalue weighted by atomic mass is 9.95. The van der Waals surface area contributed by atoms with E-state index in [9.17, 15) is 0 Å². The molecule has 2 heterocycles. The summed E-state index contributed by atoms with van der Waals surface area (Å²) in [5.41, 5.74) is 6.46. The topological polar surface area (TPSA) is 76.7 Å². The van der Waals surface area contributed by atoms with E-state index in [1.54, 1.807) is 11.3 Å². The van der Waals surface area contributed by atoms with Crippen molar-refractivity contribution >= 4 is 23.0 Å². The van der Waals surface area contributed by atoms with Crippen LogP contribution in [0.4, 0.5) is 11.6 Å². The van der Waals surface area contributed by atoms with Crippen molar-refractivity contribution in [2.75, 3.05) is 11.1 Å². The first-order valence-corrected chi connectivity index (χ1v) is 7.82. The van der Waals surface area contributed by atoms with Crippen LogP contribution in [0.25, 0.3) is 0 Å². The largest absolute Gasteiger partial charge is 0.383 e. The summed E-state index contributed by atoms with van der Waals surface area (Å²) in [6.45, 7) is 12.3. The van der Waals surface area contributed by atoms with Crippen LogP contribution in [0.2, 0.25) is 0 Å². The van der Waals surface area contributed by atoms with Crippen molar-refractivity contribution in [2.45, 2.75) is 52.5 Å². The number of anilines is 2. The molecular formula is C15H23N5S. The third kappa shape index (κ3) is 3.32. The van der Waals surface area contributed by atoms with E-state index in [0.29, 0.717) is 5.82 Å². The maximum Gasteiger partial charge on any atom is 0.138 e. The van der Waals surface area contributed by atoms with Gasteiger partial charge in [-0.3, -0.25) is 0 Å². The Morgan fingerprint density at radius 1 is 1.14 bits per heavy atom. The van der Waals surface area contributed by atoms with E-state index < -0.39 is 0 Å². The molecular weight excluding hydrogens is 282 g/mol. The summed E-state index contributed by atoms with van der Waals surface area (Å²) in [5.74, 6) is 2.03. The van der Waals surface area contributed by atoms with Crippen LogP contribution in [0.1, 0.15) is 51.0 Å². The number of thiazole rings is 1. The second kappa shape index (κ2) is 5.26. The Balaban J connectivity index is 2.42. The van der Waals surface area contributed by atoms with E-state index in [1.807, 2.05) is 18.5 Å². The van der Waals surface area contributed by atoms with Crippen molar-refractivity contribution < 1.29 is 0 Å². The normalized spacial score (nSPS) is 12.5. The molecule has 0 spiro atoms. The molecule has 21 heavy (non-hydrogen) atoms. The standard InChI is InChI=1S/C15H23N5S/c1-9-10(16)18-12(14(2,3)4)19-11(9)20-15(5,6)13-17-7-8-21-13/h7-8H,1-6H3,(H3,16,18,19,20). The number of nitrogens with one attached hydrogen (secondary N) is 1. The lowest BCUT2D eigenvalue weighted by molar-refractivity contribution is 0.542. The average Bonchev–Trinajstić information content (AvgIpc) is 2.87. The van der Waals surface area contributed by atoms with Gasteiger partial charge in [-0.25, -0.2) is 15.0 Å². The molecule has 5 nitrogen and oxygen atoms in total. The highest BCUT2D eigenvalue weighted by Gasteiger charge is 2.27. The Morgan fingerprint density at radius 2 is 1.81 bits per heavy atom. The first-order valence-electron chi connectivity index (χ1n) is 6.94. The highest BCUT2D eigenvalue weighted by atomic mass is 32.1. The van der Waals surface area contributed by atoms with Gasteiger partial charge < -0.3 is 11.1 Å². The molecule has 0 aliphatic heterocycles. The van der Waals surface area contributed by atoms with Gasteiger partial charge >= 0.3 is 0 Å². The van der Waals surface area contributed by atoms with Gasteiger partial charge in [-0.15, -0.1) is 11.3 Å². The second-order valence-corrected chi connectivity index (χ2v) is 7.64. The molecule has 0 aromatic carbocycles. The van der Waals surface area contributed by atoms with Crippen LogP contribution >= 0.6 is 11.3 Å². The van der Waals surface area contributed by atoms with Crippen molar-refractivity contribution in [1.29, 1.82) is 0 Å². The van der Waals surface area contributed by atoms with Crippen molar-refractivity contribution in [3.8, 4) is 0 Å². The number of hydrogen-bond donors (Lipinski definition) is 2. The maximum absolute atomic E-state index is 6.05. The van der Waals surface area contributed by atoms with E-state index >= 15 is 0 Å². The van der Waals surface area contributed by atoms with Crippen LogP contribution < -0.4 is 11.1 Å². The predicted molar refractivity (Wildman–Crippen MR) is 88.6 cm³/mol. The third-order valence-electron chi connectivity index (χ3n) is 3.25. The molecule has 0 aliphatic carbocycles. The van der Waals surface area contributed by atoms with Crippen LogP contribution in [0, 0.1) is 6.92 Å². The highest BCUT2D eigenvalue weighted by molar-refractivity contribution is 7.09. The average molecular weight is 305 g/mol. The molecule has 0 unspecified atom stereocenters. The molecule has 2 aromatic heterocycles. The maximum atomic E-state index is 6.05. The zero-order valence-corrected chi connectivity index (χ0v) is 14.3. The lowest BCUT2D eigenvalue weighted by Crippen LogP contribution is -2.30. The van der Waals surface area contributed by atoms with Gasteiger partial charge in [0.15, 0.2) is 0 Å². The molecule has 0 fully saturated rings. The zero-order chi connectivity index (χ0) is 15.8. The molecule has 0 atom stereocenters. The van der Waals surface area contributed by atoms with Gasteiger partial charge in [0.2, 0.25) is 0 Å². The molecule has 0 bridgehead atoms. The fraction of sp³-hybridized carbons (Fsp3) is 0.533. The van der Waals surface area contributed by atoms with Crippen LogP contribution in [0.5, 0.6) is 0 Å². The number of nitrogens with zero attached hydrogens (tertiary/aromatic N) is 3.